The summed E-state index contributed by atoms with van der Waals surface area (Å²) >= 11 is 8.62. The van der Waals surface area contributed by atoms with Crippen LogP contribution in [0.5, 0.6) is 0 Å². The van der Waals surface area contributed by atoms with Crippen molar-refractivity contribution >= 4 is 48.9 Å². The highest BCUT2D eigenvalue weighted by atomic mass is 79.9. The molecule has 0 spiro atoms. The lowest BCUT2D eigenvalue weighted by Gasteiger charge is -2.14. The van der Waals surface area contributed by atoms with Crippen molar-refractivity contribution in [1.82, 2.24) is 4.98 Å². The summed E-state index contributed by atoms with van der Waals surface area (Å²) in [5, 5.41) is 6.50. The number of hydrogen-bond donors (Lipinski definition) is 1. The molecule has 5 heteroatoms. The van der Waals surface area contributed by atoms with Crippen molar-refractivity contribution in [1.29, 1.82) is 0 Å². The fourth-order valence-electron chi connectivity index (χ4n) is 1.35. The highest BCUT2D eigenvalue weighted by molar-refractivity contribution is 9.11. The number of rotatable bonds is 3. The van der Waals surface area contributed by atoms with Crippen molar-refractivity contribution < 1.29 is 0 Å². The third kappa shape index (κ3) is 2.84. The third-order valence-corrected chi connectivity index (χ3v) is 4.23. The number of benzene rings is 1. The molecule has 1 heterocycles. The molecule has 0 bridgehead atoms. The second-order valence-corrected chi connectivity index (χ2v) is 6.06. The Morgan fingerprint density at radius 2 is 2.19 bits per heavy atom. The molecule has 2 aromatic rings. The first-order valence-corrected chi connectivity index (χ1v) is 7.24. The van der Waals surface area contributed by atoms with Gasteiger partial charge in [0.2, 0.25) is 0 Å². The molecule has 0 radical (unpaired) electrons. The minimum atomic E-state index is 0.220. The molecule has 1 unspecified atom stereocenters. The van der Waals surface area contributed by atoms with Crippen molar-refractivity contribution in [2.75, 3.05) is 5.32 Å². The van der Waals surface area contributed by atoms with Gasteiger partial charge in [-0.2, -0.15) is 0 Å². The Kier molecular flexibility index (Phi) is 4.00. The molecule has 16 heavy (non-hydrogen) atoms. The number of anilines is 1. The van der Waals surface area contributed by atoms with Gasteiger partial charge >= 0.3 is 0 Å². The summed E-state index contributed by atoms with van der Waals surface area (Å²) < 4.78 is 2.11. The zero-order chi connectivity index (χ0) is 11.5. The van der Waals surface area contributed by atoms with Crippen molar-refractivity contribution in [3.8, 4) is 0 Å². The summed E-state index contributed by atoms with van der Waals surface area (Å²) in [6.07, 6.45) is 1.83. The summed E-state index contributed by atoms with van der Waals surface area (Å²) in [5.41, 5.74) is 1.07. The predicted octanol–water partition coefficient (Wildman–Crippen LogP) is 4.84. The first-order valence-electron chi connectivity index (χ1n) is 4.78. The first-order chi connectivity index (χ1) is 7.66. The molecule has 1 aromatic heterocycles. The number of thiazole rings is 1. The highest BCUT2D eigenvalue weighted by Gasteiger charge is 2.09. The summed E-state index contributed by atoms with van der Waals surface area (Å²) in [5.74, 6) is 0. The van der Waals surface area contributed by atoms with Crippen LogP contribution in [0.4, 0.5) is 5.69 Å². The topological polar surface area (TPSA) is 24.9 Å². The average Bonchev–Trinajstić information content (AvgIpc) is 2.75. The zero-order valence-corrected chi connectivity index (χ0v) is 12.6. The lowest BCUT2D eigenvalue weighted by atomic mass is 10.3. The number of halogens is 2. The standard InChI is InChI=1S/C11H10Br2N2S/c1-7(11-14-4-5-16-11)15-10-3-2-8(12)6-9(10)13/h2-7,15H,1H3. The van der Waals surface area contributed by atoms with Crippen LogP contribution in [0.15, 0.2) is 38.7 Å². The van der Waals surface area contributed by atoms with Crippen LogP contribution >= 0.6 is 43.2 Å². The van der Waals surface area contributed by atoms with E-state index in [1.807, 2.05) is 29.8 Å². The van der Waals surface area contributed by atoms with E-state index in [9.17, 15) is 0 Å². The molecule has 1 N–H and O–H groups in total. The molecule has 0 aliphatic rings. The second-order valence-electron chi connectivity index (χ2n) is 3.36. The van der Waals surface area contributed by atoms with Crippen LogP contribution in [-0.2, 0) is 0 Å². The average molecular weight is 362 g/mol. The van der Waals surface area contributed by atoms with E-state index in [1.54, 1.807) is 11.3 Å². The largest absolute Gasteiger partial charge is 0.375 e. The Hall–Kier alpha value is -0.390. The summed E-state index contributed by atoms with van der Waals surface area (Å²) in [4.78, 5) is 4.29. The van der Waals surface area contributed by atoms with Gasteiger partial charge in [-0.25, -0.2) is 4.98 Å². The van der Waals surface area contributed by atoms with Crippen molar-refractivity contribution in [2.45, 2.75) is 13.0 Å². The van der Waals surface area contributed by atoms with Gasteiger partial charge in [-0.3, -0.25) is 0 Å². The molecular formula is C11H10Br2N2S. The lowest BCUT2D eigenvalue weighted by Crippen LogP contribution is -2.06. The Bertz CT molecular complexity index is 471. The smallest absolute Gasteiger partial charge is 0.115 e. The van der Waals surface area contributed by atoms with Gasteiger partial charge in [0.05, 0.1) is 6.04 Å². The maximum Gasteiger partial charge on any atom is 0.115 e. The lowest BCUT2D eigenvalue weighted by molar-refractivity contribution is 0.869. The molecule has 0 saturated heterocycles. The Morgan fingerprint density at radius 1 is 1.38 bits per heavy atom. The maximum absolute atomic E-state index is 4.29. The maximum atomic E-state index is 4.29. The van der Waals surface area contributed by atoms with Crippen LogP contribution in [0.25, 0.3) is 0 Å². The van der Waals surface area contributed by atoms with E-state index in [1.165, 1.54) is 0 Å². The molecule has 1 atom stereocenters. The van der Waals surface area contributed by atoms with E-state index in [2.05, 4.69) is 49.1 Å². The number of nitrogens with zero attached hydrogens (tertiary/aromatic N) is 1. The highest BCUT2D eigenvalue weighted by Crippen LogP contribution is 2.29. The molecule has 0 aliphatic carbocycles. The fraction of sp³-hybridized carbons (Fsp3) is 0.182. The van der Waals surface area contributed by atoms with E-state index >= 15 is 0 Å². The van der Waals surface area contributed by atoms with E-state index in [4.69, 9.17) is 0 Å². The minimum absolute atomic E-state index is 0.220. The molecule has 2 rings (SSSR count). The van der Waals surface area contributed by atoms with E-state index in [0.717, 1.165) is 19.6 Å². The van der Waals surface area contributed by atoms with Crippen LogP contribution in [0.2, 0.25) is 0 Å². The van der Waals surface area contributed by atoms with Gasteiger partial charge in [0.25, 0.3) is 0 Å². The summed E-state index contributed by atoms with van der Waals surface area (Å²) in [6.45, 7) is 2.10. The van der Waals surface area contributed by atoms with Crippen LogP contribution < -0.4 is 5.32 Å². The molecular weight excluding hydrogens is 352 g/mol. The molecule has 2 nitrogen and oxygen atoms in total. The Morgan fingerprint density at radius 3 is 2.81 bits per heavy atom. The number of nitrogens with one attached hydrogen (secondary N) is 1. The third-order valence-electron chi connectivity index (χ3n) is 2.12. The van der Waals surface area contributed by atoms with Crippen molar-refractivity contribution in [2.24, 2.45) is 0 Å². The summed E-state index contributed by atoms with van der Waals surface area (Å²) in [6, 6.07) is 6.30. The van der Waals surface area contributed by atoms with Gasteiger partial charge in [0.15, 0.2) is 0 Å². The van der Waals surface area contributed by atoms with Gasteiger partial charge < -0.3 is 5.32 Å². The summed E-state index contributed by atoms with van der Waals surface area (Å²) in [7, 11) is 0. The Balaban J connectivity index is 2.15. The van der Waals surface area contributed by atoms with Crippen LogP contribution in [0.1, 0.15) is 18.0 Å². The van der Waals surface area contributed by atoms with Crippen LogP contribution in [0, 0.1) is 0 Å². The van der Waals surface area contributed by atoms with Gasteiger partial charge in [-0.15, -0.1) is 11.3 Å². The SMILES string of the molecule is CC(Nc1ccc(Br)cc1Br)c1nccs1. The normalized spacial score (nSPS) is 12.4. The fourth-order valence-corrected chi connectivity index (χ4v) is 3.16. The second kappa shape index (κ2) is 5.29. The van der Waals surface area contributed by atoms with E-state index in [0.29, 0.717) is 0 Å². The molecule has 0 amide bonds. The predicted molar refractivity (Wildman–Crippen MR) is 76.0 cm³/mol. The van der Waals surface area contributed by atoms with Gasteiger partial charge in [-0.05, 0) is 41.1 Å². The van der Waals surface area contributed by atoms with Gasteiger partial charge in [0.1, 0.15) is 5.01 Å². The monoisotopic (exact) mass is 360 g/mol. The zero-order valence-electron chi connectivity index (χ0n) is 8.58. The molecule has 84 valence electrons. The van der Waals surface area contributed by atoms with Crippen molar-refractivity contribution in [3.63, 3.8) is 0 Å². The number of hydrogen-bond acceptors (Lipinski definition) is 3. The van der Waals surface area contributed by atoms with Gasteiger partial charge in [0, 0.05) is 26.2 Å². The molecule has 0 aliphatic heterocycles. The Labute approximate surface area is 115 Å². The molecule has 0 saturated carbocycles. The first kappa shape index (κ1) is 12.1. The molecule has 1 aromatic carbocycles. The number of aromatic nitrogens is 1. The van der Waals surface area contributed by atoms with E-state index in [-0.39, 0.29) is 6.04 Å². The molecule has 0 fully saturated rings. The van der Waals surface area contributed by atoms with Crippen LogP contribution in [-0.4, -0.2) is 4.98 Å². The quantitative estimate of drug-likeness (QED) is 0.845. The van der Waals surface area contributed by atoms with Crippen LogP contribution in [0.3, 0.4) is 0 Å². The minimum Gasteiger partial charge on any atom is -0.375 e. The van der Waals surface area contributed by atoms with E-state index < -0.39 is 0 Å². The van der Waals surface area contributed by atoms with Crippen molar-refractivity contribution in [3.05, 3.63) is 43.7 Å². The van der Waals surface area contributed by atoms with Gasteiger partial charge in [-0.1, -0.05) is 15.9 Å².